The summed E-state index contributed by atoms with van der Waals surface area (Å²) in [6.07, 6.45) is 3.15. The van der Waals surface area contributed by atoms with Crippen molar-refractivity contribution in [2.24, 2.45) is 0 Å². The summed E-state index contributed by atoms with van der Waals surface area (Å²) in [7, 11) is 2.15. The molecule has 0 radical (unpaired) electrons. The minimum atomic E-state index is -0.200. The first-order chi connectivity index (χ1) is 7.18. The van der Waals surface area contributed by atoms with Gasteiger partial charge in [-0.15, -0.1) is 0 Å². The van der Waals surface area contributed by atoms with E-state index >= 15 is 0 Å². The predicted molar refractivity (Wildman–Crippen MR) is 62.6 cm³/mol. The van der Waals surface area contributed by atoms with E-state index in [2.05, 4.69) is 36.8 Å². The molecule has 1 aliphatic rings. The van der Waals surface area contributed by atoms with Crippen molar-refractivity contribution in [1.29, 1.82) is 5.26 Å². The molecule has 1 heterocycles. The van der Waals surface area contributed by atoms with Crippen molar-refractivity contribution in [2.75, 3.05) is 33.2 Å². The van der Waals surface area contributed by atoms with Crippen LogP contribution in [0.15, 0.2) is 0 Å². The van der Waals surface area contributed by atoms with Gasteiger partial charge in [0.25, 0.3) is 0 Å². The third-order valence-electron chi connectivity index (χ3n) is 3.61. The normalized spacial score (nSPS) is 28.7. The molecule has 0 amide bonds. The molecule has 3 heteroatoms. The molecule has 0 aliphatic carbocycles. The minimum Gasteiger partial charge on any atom is -0.306 e. The van der Waals surface area contributed by atoms with Gasteiger partial charge in [0.2, 0.25) is 0 Å². The Bertz CT molecular complexity index is 230. The van der Waals surface area contributed by atoms with Crippen LogP contribution in [0.25, 0.3) is 0 Å². The van der Waals surface area contributed by atoms with Crippen molar-refractivity contribution in [3.05, 3.63) is 0 Å². The van der Waals surface area contributed by atoms with Gasteiger partial charge in [-0.25, -0.2) is 0 Å². The molecular weight excluding hydrogens is 186 g/mol. The van der Waals surface area contributed by atoms with Crippen molar-refractivity contribution in [1.82, 2.24) is 9.80 Å². The molecule has 0 aromatic heterocycles. The van der Waals surface area contributed by atoms with Crippen LogP contribution < -0.4 is 0 Å². The quantitative estimate of drug-likeness (QED) is 0.709. The second kappa shape index (κ2) is 5.48. The van der Waals surface area contributed by atoms with Gasteiger partial charge in [0.1, 0.15) is 5.54 Å². The van der Waals surface area contributed by atoms with Gasteiger partial charge in [-0.05, 0) is 45.9 Å². The van der Waals surface area contributed by atoms with Crippen molar-refractivity contribution < 1.29 is 0 Å². The van der Waals surface area contributed by atoms with Crippen LogP contribution >= 0.6 is 0 Å². The first-order valence-corrected chi connectivity index (χ1v) is 6.03. The molecule has 0 bridgehead atoms. The summed E-state index contributed by atoms with van der Waals surface area (Å²) in [6, 6.07) is 2.58. The van der Waals surface area contributed by atoms with E-state index in [0.29, 0.717) is 0 Å². The lowest BCUT2D eigenvalue weighted by Gasteiger charge is -2.36. The highest BCUT2D eigenvalue weighted by Crippen LogP contribution is 2.27. The molecule has 1 fully saturated rings. The third-order valence-corrected chi connectivity index (χ3v) is 3.61. The van der Waals surface area contributed by atoms with Crippen molar-refractivity contribution >= 4 is 0 Å². The molecule has 0 aromatic carbocycles. The topological polar surface area (TPSA) is 30.3 Å². The second-order valence-electron chi connectivity index (χ2n) is 4.47. The van der Waals surface area contributed by atoms with Crippen LogP contribution in [0.5, 0.6) is 0 Å². The zero-order chi connectivity index (χ0) is 11.3. The Balaban J connectivity index is 2.79. The van der Waals surface area contributed by atoms with E-state index in [9.17, 15) is 5.26 Å². The number of hydrogen-bond acceptors (Lipinski definition) is 3. The van der Waals surface area contributed by atoms with E-state index in [1.54, 1.807) is 0 Å². The van der Waals surface area contributed by atoms with Crippen LogP contribution in [0.4, 0.5) is 0 Å². The minimum absolute atomic E-state index is 0.200. The van der Waals surface area contributed by atoms with Gasteiger partial charge in [-0.1, -0.05) is 13.8 Å². The van der Waals surface area contributed by atoms with E-state index in [-0.39, 0.29) is 5.54 Å². The highest BCUT2D eigenvalue weighted by molar-refractivity contribution is 5.09. The second-order valence-corrected chi connectivity index (χ2v) is 4.47. The summed E-state index contributed by atoms with van der Waals surface area (Å²) < 4.78 is 0. The third kappa shape index (κ3) is 2.70. The Labute approximate surface area is 93.7 Å². The highest BCUT2D eigenvalue weighted by Gasteiger charge is 2.36. The van der Waals surface area contributed by atoms with Crippen LogP contribution in [0.1, 0.15) is 33.1 Å². The van der Waals surface area contributed by atoms with Gasteiger partial charge in [0, 0.05) is 6.54 Å². The van der Waals surface area contributed by atoms with Gasteiger partial charge >= 0.3 is 0 Å². The lowest BCUT2D eigenvalue weighted by Crippen LogP contribution is -2.48. The summed E-state index contributed by atoms with van der Waals surface area (Å²) in [4.78, 5) is 4.66. The Morgan fingerprint density at radius 2 is 1.93 bits per heavy atom. The molecule has 1 aliphatic heterocycles. The smallest absolute Gasteiger partial charge is 0.110 e. The van der Waals surface area contributed by atoms with E-state index in [1.165, 1.54) is 0 Å². The predicted octanol–water partition coefficient (Wildman–Crippen LogP) is 1.71. The maximum atomic E-state index is 9.48. The number of hydrogen-bond donors (Lipinski definition) is 0. The maximum Gasteiger partial charge on any atom is 0.110 e. The molecule has 3 nitrogen and oxygen atoms in total. The fourth-order valence-corrected chi connectivity index (χ4v) is 2.58. The summed E-state index contributed by atoms with van der Waals surface area (Å²) in [5, 5.41) is 9.48. The number of likely N-dealkylation sites (tertiary alicyclic amines) is 1. The van der Waals surface area contributed by atoms with Crippen LogP contribution in [-0.2, 0) is 0 Å². The maximum absolute atomic E-state index is 9.48. The molecule has 0 saturated carbocycles. The summed E-state index contributed by atoms with van der Waals surface area (Å²) in [6.45, 7) is 8.44. The van der Waals surface area contributed by atoms with Gasteiger partial charge in [0.05, 0.1) is 6.07 Å². The Kier molecular flexibility index (Phi) is 4.56. The van der Waals surface area contributed by atoms with Gasteiger partial charge in [-0.3, -0.25) is 4.90 Å². The fraction of sp³-hybridized carbons (Fsp3) is 0.917. The zero-order valence-corrected chi connectivity index (χ0v) is 10.3. The number of nitrogens with zero attached hydrogens (tertiary/aromatic N) is 3. The van der Waals surface area contributed by atoms with Gasteiger partial charge < -0.3 is 4.90 Å². The average Bonchev–Trinajstić information content (AvgIpc) is 2.44. The molecule has 0 N–H and O–H groups in total. The van der Waals surface area contributed by atoms with Crippen LogP contribution in [0.3, 0.4) is 0 Å². The average molecular weight is 209 g/mol. The van der Waals surface area contributed by atoms with Crippen molar-refractivity contribution in [3.8, 4) is 6.07 Å². The van der Waals surface area contributed by atoms with E-state index < -0.39 is 0 Å². The molecule has 0 aromatic rings. The molecule has 86 valence electrons. The summed E-state index contributed by atoms with van der Waals surface area (Å²) in [5.74, 6) is 0. The SMILES string of the molecule is CCN(CC)C1(C#N)CCCN(C)CC1. The van der Waals surface area contributed by atoms with E-state index in [4.69, 9.17) is 0 Å². The fourth-order valence-electron chi connectivity index (χ4n) is 2.58. The van der Waals surface area contributed by atoms with Crippen LogP contribution in [0, 0.1) is 11.3 Å². The Morgan fingerprint density at radius 1 is 1.27 bits per heavy atom. The van der Waals surface area contributed by atoms with Crippen molar-refractivity contribution in [3.63, 3.8) is 0 Å². The van der Waals surface area contributed by atoms with E-state index in [1.807, 2.05) is 0 Å². The lowest BCUT2D eigenvalue weighted by atomic mass is 9.90. The first-order valence-electron chi connectivity index (χ1n) is 6.03. The van der Waals surface area contributed by atoms with Gasteiger partial charge in [-0.2, -0.15) is 5.26 Å². The molecular formula is C12H23N3. The molecule has 15 heavy (non-hydrogen) atoms. The molecule has 1 rings (SSSR count). The highest BCUT2D eigenvalue weighted by atomic mass is 15.2. The number of rotatable bonds is 3. The Hall–Kier alpha value is -0.590. The van der Waals surface area contributed by atoms with Gasteiger partial charge in [0.15, 0.2) is 0 Å². The Morgan fingerprint density at radius 3 is 2.47 bits per heavy atom. The molecule has 1 atom stereocenters. The van der Waals surface area contributed by atoms with Crippen LogP contribution in [0.2, 0.25) is 0 Å². The standard InChI is InChI=1S/C12H23N3/c1-4-15(5-2)12(11-13)7-6-9-14(3)10-8-12/h4-10H2,1-3H3. The molecule has 1 saturated heterocycles. The number of nitriles is 1. The molecule has 0 spiro atoms. The monoisotopic (exact) mass is 209 g/mol. The van der Waals surface area contributed by atoms with Crippen LogP contribution in [-0.4, -0.2) is 48.6 Å². The van der Waals surface area contributed by atoms with Crippen molar-refractivity contribution in [2.45, 2.75) is 38.6 Å². The summed E-state index contributed by atoms with van der Waals surface area (Å²) >= 11 is 0. The zero-order valence-electron chi connectivity index (χ0n) is 10.3. The largest absolute Gasteiger partial charge is 0.306 e. The van der Waals surface area contributed by atoms with E-state index in [0.717, 1.165) is 45.4 Å². The molecule has 1 unspecified atom stereocenters. The lowest BCUT2D eigenvalue weighted by molar-refractivity contribution is 0.135. The first kappa shape index (κ1) is 12.5. The summed E-state index contributed by atoms with van der Waals surface area (Å²) in [5.41, 5.74) is -0.200.